The summed E-state index contributed by atoms with van der Waals surface area (Å²) in [6, 6.07) is 15.4. The molecular formula is C32H43B2ClO8. The zero-order chi connectivity index (χ0) is 32.2. The van der Waals surface area contributed by atoms with Crippen molar-refractivity contribution in [3.8, 4) is 0 Å². The van der Waals surface area contributed by atoms with Crippen molar-refractivity contribution in [1.82, 2.24) is 0 Å². The summed E-state index contributed by atoms with van der Waals surface area (Å²) in [5.74, 6) is -0.375. The van der Waals surface area contributed by atoms with Crippen molar-refractivity contribution in [1.29, 1.82) is 0 Å². The topological polar surface area (TPSA) is 101 Å². The minimum Gasteiger partial charge on any atom is -0.457 e. The second-order valence-electron chi connectivity index (χ2n) is 12.3. The Kier molecular flexibility index (Phi) is 14.4. The molecule has 2 aliphatic rings. The normalized spacial score (nSPS) is 16.9. The van der Waals surface area contributed by atoms with Gasteiger partial charge in [0.25, 0.3) is 0 Å². The summed E-state index contributed by atoms with van der Waals surface area (Å²) in [4.78, 5) is 21.1. The van der Waals surface area contributed by atoms with Crippen LogP contribution in [-0.2, 0) is 46.2 Å². The summed E-state index contributed by atoms with van der Waals surface area (Å²) in [7, 11) is -0.578. The molecule has 43 heavy (non-hydrogen) atoms. The molecule has 1 N–H and O–H groups in total. The number of hydrogen-bond donors (Lipinski definition) is 1. The maximum atomic E-state index is 11.3. The quantitative estimate of drug-likeness (QED) is 0.213. The van der Waals surface area contributed by atoms with E-state index in [-0.39, 0.29) is 44.2 Å². The van der Waals surface area contributed by atoms with Crippen LogP contribution in [0.4, 0.5) is 0 Å². The molecule has 0 atom stereocenters. The Hall–Kier alpha value is -2.72. The first kappa shape index (κ1) is 36.5. The largest absolute Gasteiger partial charge is 0.493 e. The fourth-order valence-corrected chi connectivity index (χ4v) is 3.59. The van der Waals surface area contributed by atoms with Gasteiger partial charge in [-0.15, -0.1) is 0 Å². The second kappa shape index (κ2) is 16.9. The summed E-state index contributed by atoms with van der Waals surface area (Å²) >= 11 is 4.87. The van der Waals surface area contributed by atoms with Crippen molar-refractivity contribution in [2.45, 2.75) is 54.8 Å². The van der Waals surface area contributed by atoms with E-state index in [2.05, 4.69) is 40.9 Å². The minimum absolute atomic E-state index is 0.0627. The van der Waals surface area contributed by atoms with Crippen LogP contribution in [0.1, 0.15) is 52.7 Å². The molecule has 0 unspecified atom stereocenters. The molecule has 2 aliphatic heterocycles. The van der Waals surface area contributed by atoms with Gasteiger partial charge >= 0.3 is 20.2 Å². The van der Waals surface area contributed by atoms with Gasteiger partial charge in [-0.1, -0.05) is 89.4 Å². The van der Waals surface area contributed by atoms with E-state index in [0.717, 1.165) is 22.1 Å². The van der Waals surface area contributed by atoms with Crippen LogP contribution in [0.5, 0.6) is 0 Å². The van der Waals surface area contributed by atoms with Crippen LogP contribution < -0.4 is 10.9 Å². The Morgan fingerprint density at radius 3 is 1.42 bits per heavy atom. The molecule has 0 radical (unpaired) electrons. The second-order valence-corrected chi connectivity index (χ2v) is 12.6. The number of carbonyl (C=O) groups excluding carboxylic acids is 2. The number of allylic oxidation sites excluding steroid dienone is 1. The smallest absolute Gasteiger partial charge is 0.457 e. The van der Waals surface area contributed by atoms with E-state index in [1.165, 1.54) is 0 Å². The number of aliphatic hydroxyl groups excluding tert-OH is 1. The molecule has 2 aromatic rings. The Bertz CT molecular complexity index is 1200. The number of aliphatic hydroxyl groups is 1. The van der Waals surface area contributed by atoms with E-state index in [0.29, 0.717) is 37.6 Å². The Balaban J connectivity index is 0.000000259. The molecule has 11 heteroatoms. The maximum Gasteiger partial charge on any atom is 0.493 e. The standard InChI is InChI=1S/C16H21BO4.C12H17BO3.C4H5ClO/c1-12(2)15(18)19-9-13-5-7-14(8-6-13)17-20-10-16(3,4)11-21-17;1-12(2)8-15-13(16-9-12)11-5-3-10(7-14)4-6-11;1-3(2)4(5)6/h5-8H,1,9-11H2,2-4H3;3-6,14H,7-9H2,1-2H3;1H2,2H3. The summed E-state index contributed by atoms with van der Waals surface area (Å²) < 4.78 is 27.9. The zero-order valence-electron chi connectivity index (χ0n) is 26.1. The fourth-order valence-electron chi connectivity index (χ4n) is 3.59. The molecule has 0 saturated carbocycles. The van der Waals surface area contributed by atoms with Gasteiger partial charge in [0.2, 0.25) is 5.24 Å². The number of carbonyl (C=O) groups is 2. The molecule has 0 amide bonds. The maximum absolute atomic E-state index is 11.3. The minimum atomic E-state index is -0.463. The molecule has 0 aromatic heterocycles. The molecule has 4 rings (SSSR count). The Labute approximate surface area is 261 Å². The van der Waals surface area contributed by atoms with Crippen LogP contribution >= 0.6 is 11.6 Å². The van der Waals surface area contributed by atoms with Crippen molar-refractivity contribution in [2.75, 3.05) is 26.4 Å². The number of ether oxygens (including phenoxy) is 1. The highest BCUT2D eigenvalue weighted by Crippen LogP contribution is 2.22. The number of hydrogen-bond acceptors (Lipinski definition) is 8. The summed E-state index contributed by atoms with van der Waals surface area (Å²) in [6.07, 6.45) is 0. The number of rotatable bonds is 7. The highest BCUT2D eigenvalue weighted by molar-refractivity contribution is 6.67. The van der Waals surface area contributed by atoms with Gasteiger partial charge in [0, 0.05) is 48.4 Å². The SMILES string of the molecule is C=C(C)C(=O)Cl.C=C(C)C(=O)OCc1ccc(B2OCC(C)(C)CO2)cc1.CC1(C)COB(c2ccc(CO)cc2)OC1. The molecule has 2 fully saturated rings. The van der Waals surface area contributed by atoms with E-state index in [9.17, 15) is 9.59 Å². The number of esters is 1. The summed E-state index contributed by atoms with van der Waals surface area (Å²) in [6.45, 7) is 21.6. The summed E-state index contributed by atoms with van der Waals surface area (Å²) in [5.41, 5.74) is 4.75. The molecule has 2 saturated heterocycles. The van der Waals surface area contributed by atoms with Crippen LogP contribution in [0.3, 0.4) is 0 Å². The third-order valence-corrected chi connectivity index (χ3v) is 6.56. The van der Waals surface area contributed by atoms with Crippen LogP contribution in [-0.4, -0.2) is 57.0 Å². The molecule has 0 aliphatic carbocycles. The Morgan fingerprint density at radius 1 is 0.767 bits per heavy atom. The monoisotopic (exact) mass is 612 g/mol. The molecule has 2 heterocycles. The molecule has 232 valence electrons. The number of halogens is 1. The predicted molar refractivity (Wildman–Crippen MR) is 171 cm³/mol. The first-order chi connectivity index (χ1) is 20.1. The highest BCUT2D eigenvalue weighted by Gasteiger charge is 2.34. The van der Waals surface area contributed by atoms with Gasteiger partial charge in [0.05, 0.1) is 6.61 Å². The van der Waals surface area contributed by atoms with Gasteiger partial charge in [-0.25, -0.2) is 4.79 Å². The van der Waals surface area contributed by atoms with Gasteiger partial charge in [-0.05, 0) is 47.5 Å². The van der Waals surface area contributed by atoms with E-state index < -0.39 is 5.24 Å². The lowest BCUT2D eigenvalue weighted by atomic mass is 9.76. The third-order valence-electron chi connectivity index (χ3n) is 6.24. The lowest BCUT2D eigenvalue weighted by Crippen LogP contribution is -2.47. The van der Waals surface area contributed by atoms with Gasteiger partial charge < -0.3 is 28.5 Å². The fraction of sp³-hybridized carbons (Fsp3) is 0.438. The van der Waals surface area contributed by atoms with Crippen molar-refractivity contribution >= 4 is 48.0 Å². The van der Waals surface area contributed by atoms with E-state index in [1.807, 2.05) is 48.5 Å². The number of benzene rings is 2. The zero-order valence-corrected chi connectivity index (χ0v) is 26.9. The first-order valence-electron chi connectivity index (χ1n) is 14.1. The summed E-state index contributed by atoms with van der Waals surface area (Å²) in [5, 5.41) is 8.48. The van der Waals surface area contributed by atoms with Crippen LogP contribution in [0.15, 0.2) is 72.8 Å². The van der Waals surface area contributed by atoms with Gasteiger partial charge in [0.15, 0.2) is 0 Å². The lowest BCUT2D eigenvalue weighted by Gasteiger charge is -2.33. The van der Waals surface area contributed by atoms with E-state index >= 15 is 0 Å². The van der Waals surface area contributed by atoms with Crippen molar-refractivity contribution in [3.63, 3.8) is 0 Å². The third kappa shape index (κ3) is 13.2. The van der Waals surface area contributed by atoms with E-state index in [4.69, 9.17) is 40.1 Å². The highest BCUT2D eigenvalue weighted by atomic mass is 35.5. The van der Waals surface area contributed by atoms with Crippen LogP contribution in [0.2, 0.25) is 0 Å². The molecule has 0 spiro atoms. The van der Waals surface area contributed by atoms with Crippen molar-refractivity contribution in [2.24, 2.45) is 10.8 Å². The van der Waals surface area contributed by atoms with E-state index in [1.54, 1.807) is 13.8 Å². The first-order valence-corrected chi connectivity index (χ1v) is 14.4. The van der Waals surface area contributed by atoms with Gasteiger partial charge in [-0.2, -0.15) is 0 Å². The average molecular weight is 613 g/mol. The van der Waals surface area contributed by atoms with Crippen LogP contribution in [0.25, 0.3) is 0 Å². The Morgan fingerprint density at radius 2 is 1.12 bits per heavy atom. The molecular weight excluding hydrogens is 569 g/mol. The lowest BCUT2D eigenvalue weighted by molar-refractivity contribution is -0.140. The predicted octanol–water partition coefficient (Wildman–Crippen LogP) is 4.35. The molecule has 2 aromatic carbocycles. The average Bonchev–Trinajstić information content (AvgIpc) is 2.97. The van der Waals surface area contributed by atoms with Crippen molar-refractivity contribution < 1.29 is 38.0 Å². The van der Waals surface area contributed by atoms with Crippen molar-refractivity contribution in [3.05, 3.63) is 84.0 Å². The van der Waals surface area contributed by atoms with Gasteiger partial charge in [-0.3, -0.25) is 4.79 Å². The molecule has 8 nitrogen and oxygen atoms in total. The van der Waals surface area contributed by atoms with Crippen LogP contribution in [0, 0.1) is 10.8 Å². The van der Waals surface area contributed by atoms with Gasteiger partial charge in [0.1, 0.15) is 6.61 Å². The molecule has 0 bridgehead atoms.